The number of nitrogens with zero attached hydrogens (tertiary/aromatic N) is 2. The maximum absolute atomic E-state index is 13.0. The van der Waals surface area contributed by atoms with Gasteiger partial charge in [0, 0.05) is 18.0 Å². The summed E-state index contributed by atoms with van der Waals surface area (Å²) in [5.41, 5.74) is 4.08. The lowest BCUT2D eigenvalue weighted by molar-refractivity contribution is -0.117. The fourth-order valence-corrected chi connectivity index (χ4v) is 3.34. The summed E-state index contributed by atoms with van der Waals surface area (Å²) in [6, 6.07) is 9.81. The molecule has 0 saturated heterocycles. The van der Waals surface area contributed by atoms with E-state index in [1.165, 1.54) is 0 Å². The highest BCUT2D eigenvalue weighted by Crippen LogP contribution is 2.37. The van der Waals surface area contributed by atoms with Crippen molar-refractivity contribution in [3.05, 3.63) is 42.1 Å². The molecule has 1 amide bonds. The first-order valence-electron chi connectivity index (χ1n) is 8.54. The molecule has 5 nitrogen and oxygen atoms in total. The van der Waals surface area contributed by atoms with Gasteiger partial charge in [0.1, 0.15) is 17.7 Å². The van der Waals surface area contributed by atoms with E-state index in [9.17, 15) is 9.18 Å². The Morgan fingerprint density at radius 1 is 1.38 bits per heavy atom. The minimum Gasteiger partial charge on any atom is -0.496 e. The highest BCUT2D eigenvalue weighted by molar-refractivity contribution is 5.96. The number of hydrogen-bond donors (Lipinski definition) is 1. The zero-order valence-corrected chi connectivity index (χ0v) is 14.9. The van der Waals surface area contributed by atoms with Crippen LogP contribution in [-0.2, 0) is 11.8 Å². The monoisotopic (exact) mass is 353 g/mol. The van der Waals surface area contributed by atoms with E-state index in [4.69, 9.17) is 4.74 Å². The summed E-state index contributed by atoms with van der Waals surface area (Å²) >= 11 is 0. The van der Waals surface area contributed by atoms with Gasteiger partial charge in [-0.1, -0.05) is 12.1 Å². The largest absolute Gasteiger partial charge is 0.496 e. The lowest BCUT2D eigenvalue weighted by Gasteiger charge is -2.12. The van der Waals surface area contributed by atoms with Crippen LogP contribution in [0.2, 0.25) is 0 Å². The number of nitrogens with one attached hydrogen (secondary N) is 1. The maximum atomic E-state index is 13.0. The molecule has 2 atom stereocenters. The van der Waals surface area contributed by atoms with Crippen molar-refractivity contribution in [1.29, 1.82) is 0 Å². The lowest BCUT2D eigenvalue weighted by atomic mass is 10.0. The number of alkyl halides is 1. The molecule has 2 unspecified atom stereocenters. The molecule has 1 fully saturated rings. The number of amides is 1. The van der Waals surface area contributed by atoms with Crippen molar-refractivity contribution in [3.8, 4) is 17.0 Å². The fraction of sp³-hybridized carbons (Fsp3) is 0.300. The van der Waals surface area contributed by atoms with Gasteiger partial charge in [-0.15, -0.1) is 0 Å². The van der Waals surface area contributed by atoms with Crippen LogP contribution >= 0.6 is 0 Å². The third-order valence-corrected chi connectivity index (χ3v) is 4.94. The topological polar surface area (TPSA) is 56.1 Å². The fourth-order valence-electron chi connectivity index (χ4n) is 3.34. The van der Waals surface area contributed by atoms with Crippen molar-refractivity contribution in [2.24, 2.45) is 13.0 Å². The summed E-state index contributed by atoms with van der Waals surface area (Å²) in [5.74, 6) is 0.409. The highest BCUT2D eigenvalue weighted by Gasteiger charge is 2.43. The Bertz CT molecular complexity index is 1010. The minimum atomic E-state index is -1.02. The third-order valence-electron chi connectivity index (χ3n) is 4.94. The molecule has 2 aromatic heterocycles. The molecule has 0 aliphatic heterocycles. The Balaban J connectivity index is 1.74. The van der Waals surface area contributed by atoms with Crippen molar-refractivity contribution in [2.45, 2.75) is 19.5 Å². The molecule has 2 heterocycles. The normalized spacial score (nSPS) is 18.8. The standard InChI is InChI=1S/C20H20FN3O2/c1-11-5-4-6-17(26-3)19(11)15-7-12-8-18(22-10-16(12)24(15)2)23-20(25)13-9-14(13)21/h4-8,10,13-14H,9H2,1-3H3,(H,22,23,25). The molecule has 1 aliphatic rings. The van der Waals surface area contributed by atoms with E-state index in [1.807, 2.05) is 44.3 Å². The van der Waals surface area contributed by atoms with E-state index in [-0.39, 0.29) is 5.91 Å². The van der Waals surface area contributed by atoms with Gasteiger partial charge in [0.05, 0.1) is 30.4 Å². The lowest BCUT2D eigenvalue weighted by Crippen LogP contribution is -2.15. The number of ether oxygens (including phenoxy) is 1. The molecule has 4 rings (SSSR count). The summed E-state index contributed by atoms with van der Waals surface area (Å²) < 4.78 is 20.6. The number of fused-ring (bicyclic) bond motifs is 1. The first-order chi connectivity index (χ1) is 12.5. The number of carbonyl (C=O) groups is 1. The second-order valence-electron chi connectivity index (χ2n) is 6.72. The molecule has 134 valence electrons. The van der Waals surface area contributed by atoms with Crippen LogP contribution in [0.4, 0.5) is 10.2 Å². The van der Waals surface area contributed by atoms with Gasteiger partial charge in [-0.3, -0.25) is 4.79 Å². The minimum absolute atomic E-state index is 0.302. The second kappa shape index (κ2) is 6.12. The Labute approximate surface area is 150 Å². The number of rotatable bonds is 4. The Morgan fingerprint density at radius 3 is 2.85 bits per heavy atom. The molecular formula is C20H20FN3O2. The molecule has 0 radical (unpaired) electrons. The van der Waals surface area contributed by atoms with Crippen LogP contribution in [0.25, 0.3) is 22.2 Å². The first-order valence-corrected chi connectivity index (χ1v) is 8.54. The van der Waals surface area contributed by atoms with Crippen molar-refractivity contribution < 1.29 is 13.9 Å². The van der Waals surface area contributed by atoms with Gasteiger partial charge >= 0.3 is 0 Å². The van der Waals surface area contributed by atoms with E-state index < -0.39 is 12.1 Å². The van der Waals surface area contributed by atoms with E-state index in [2.05, 4.69) is 14.9 Å². The smallest absolute Gasteiger partial charge is 0.231 e. The molecule has 6 heteroatoms. The summed E-state index contributed by atoms with van der Waals surface area (Å²) in [6.07, 6.45) is 1.01. The number of methoxy groups -OCH3 is 1. The van der Waals surface area contributed by atoms with Crippen LogP contribution in [0.3, 0.4) is 0 Å². The van der Waals surface area contributed by atoms with Crippen LogP contribution < -0.4 is 10.1 Å². The average Bonchev–Trinajstić information content (AvgIpc) is 3.28. The molecular weight excluding hydrogens is 333 g/mol. The number of hydrogen-bond acceptors (Lipinski definition) is 3. The second-order valence-corrected chi connectivity index (χ2v) is 6.72. The van der Waals surface area contributed by atoms with Gasteiger partial charge in [-0.2, -0.15) is 0 Å². The van der Waals surface area contributed by atoms with E-state index in [1.54, 1.807) is 13.3 Å². The van der Waals surface area contributed by atoms with Gasteiger partial charge in [0.2, 0.25) is 5.91 Å². The number of anilines is 1. The number of pyridine rings is 1. The quantitative estimate of drug-likeness (QED) is 0.775. The summed E-state index contributed by atoms with van der Waals surface area (Å²) in [7, 11) is 3.63. The third kappa shape index (κ3) is 2.71. The van der Waals surface area contributed by atoms with Crippen molar-refractivity contribution in [3.63, 3.8) is 0 Å². The predicted octanol–water partition coefficient (Wildman–Crippen LogP) is 3.85. The zero-order chi connectivity index (χ0) is 18.4. The molecule has 0 spiro atoms. The van der Waals surface area contributed by atoms with Gasteiger partial charge < -0.3 is 14.6 Å². The van der Waals surface area contributed by atoms with Crippen LogP contribution in [0.15, 0.2) is 36.5 Å². The summed E-state index contributed by atoms with van der Waals surface area (Å²) in [4.78, 5) is 16.2. The Kier molecular flexibility index (Phi) is 3.90. The van der Waals surface area contributed by atoms with Gasteiger partial charge in [-0.25, -0.2) is 9.37 Å². The van der Waals surface area contributed by atoms with Crippen molar-refractivity contribution in [2.75, 3.05) is 12.4 Å². The first kappa shape index (κ1) is 16.6. The molecule has 1 aromatic carbocycles. The van der Waals surface area contributed by atoms with Crippen molar-refractivity contribution >= 4 is 22.6 Å². The number of carbonyl (C=O) groups excluding carboxylic acids is 1. The number of aromatic nitrogens is 2. The van der Waals surface area contributed by atoms with Crippen LogP contribution in [-0.4, -0.2) is 28.7 Å². The average molecular weight is 353 g/mol. The Hall–Kier alpha value is -2.89. The molecule has 1 N–H and O–H groups in total. The maximum Gasteiger partial charge on any atom is 0.231 e. The number of benzene rings is 1. The Morgan fingerprint density at radius 2 is 2.15 bits per heavy atom. The molecule has 0 bridgehead atoms. The summed E-state index contributed by atoms with van der Waals surface area (Å²) in [5, 5.41) is 3.65. The molecule has 3 aromatic rings. The number of aryl methyl sites for hydroxylation is 2. The van der Waals surface area contributed by atoms with E-state index >= 15 is 0 Å². The van der Waals surface area contributed by atoms with Crippen LogP contribution in [0, 0.1) is 12.8 Å². The van der Waals surface area contributed by atoms with Crippen molar-refractivity contribution in [1.82, 2.24) is 9.55 Å². The van der Waals surface area contributed by atoms with Crippen LogP contribution in [0.5, 0.6) is 5.75 Å². The predicted molar refractivity (Wildman–Crippen MR) is 99.1 cm³/mol. The zero-order valence-electron chi connectivity index (χ0n) is 14.9. The van der Waals surface area contributed by atoms with Gasteiger partial charge in [-0.05, 0) is 37.1 Å². The van der Waals surface area contributed by atoms with Gasteiger partial charge in [0.15, 0.2) is 0 Å². The number of halogens is 1. The van der Waals surface area contributed by atoms with E-state index in [0.29, 0.717) is 12.2 Å². The molecule has 26 heavy (non-hydrogen) atoms. The SMILES string of the molecule is COc1cccc(C)c1-c1cc2cc(NC(=O)C3CC3F)ncc2n1C. The summed E-state index contributed by atoms with van der Waals surface area (Å²) in [6.45, 7) is 2.04. The molecule has 1 saturated carbocycles. The molecule has 1 aliphatic carbocycles. The highest BCUT2D eigenvalue weighted by atomic mass is 19.1. The van der Waals surface area contributed by atoms with E-state index in [0.717, 1.165) is 33.5 Å². The van der Waals surface area contributed by atoms with Gasteiger partial charge in [0.25, 0.3) is 0 Å². The van der Waals surface area contributed by atoms with Crippen LogP contribution in [0.1, 0.15) is 12.0 Å².